The van der Waals surface area contributed by atoms with Crippen LogP contribution in [0.15, 0.2) is 29.2 Å². The normalized spacial score (nSPS) is 13.8. The summed E-state index contributed by atoms with van der Waals surface area (Å²) < 4.78 is 26.7. The first kappa shape index (κ1) is 15.2. The van der Waals surface area contributed by atoms with Gasteiger partial charge in [-0.05, 0) is 43.4 Å². The molecule has 0 aromatic heterocycles. The maximum atomic E-state index is 12.0. The molecule has 3 nitrogen and oxygen atoms in total. The van der Waals surface area contributed by atoms with Crippen molar-refractivity contribution in [3.05, 3.63) is 29.8 Å². The van der Waals surface area contributed by atoms with Crippen LogP contribution < -0.4 is 4.72 Å². The van der Waals surface area contributed by atoms with Crippen LogP contribution in [0.2, 0.25) is 0 Å². The van der Waals surface area contributed by atoms with Crippen molar-refractivity contribution < 1.29 is 8.42 Å². The highest BCUT2D eigenvalue weighted by Crippen LogP contribution is 2.14. The van der Waals surface area contributed by atoms with E-state index in [1.54, 1.807) is 12.1 Å². The number of benzene rings is 1. The van der Waals surface area contributed by atoms with Gasteiger partial charge >= 0.3 is 0 Å². The Bertz CT molecular complexity index is 463. The van der Waals surface area contributed by atoms with E-state index in [9.17, 15) is 8.42 Å². The maximum absolute atomic E-state index is 12.0. The molecule has 0 aliphatic heterocycles. The number of hydrogen-bond donors (Lipinski definition) is 1. The highest BCUT2D eigenvalue weighted by Gasteiger charge is 2.16. The van der Waals surface area contributed by atoms with Gasteiger partial charge in [0.1, 0.15) is 0 Å². The summed E-state index contributed by atoms with van der Waals surface area (Å²) in [6, 6.07) is 7.12. The van der Waals surface area contributed by atoms with Crippen LogP contribution in [0.25, 0.3) is 0 Å². The Morgan fingerprint density at radius 3 is 2.11 bits per heavy atom. The van der Waals surface area contributed by atoms with Gasteiger partial charge in [0.05, 0.1) is 4.90 Å². The third-order valence-corrected chi connectivity index (χ3v) is 4.45. The quantitative estimate of drug-likeness (QED) is 0.863. The van der Waals surface area contributed by atoms with E-state index in [4.69, 9.17) is 0 Å². The molecule has 1 atom stereocenters. The topological polar surface area (TPSA) is 46.2 Å². The molecule has 0 aliphatic carbocycles. The molecule has 102 valence electrons. The highest BCUT2D eigenvalue weighted by molar-refractivity contribution is 7.89. The molecule has 1 aromatic carbocycles. The van der Waals surface area contributed by atoms with Crippen LogP contribution in [0.3, 0.4) is 0 Å². The average Bonchev–Trinajstić information content (AvgIpc) is 2.28. The summed E-state index contributed by atoms with van der Waals surface area (Å²) in [5.74, 6) is 0.575. The van der Waals surface area contributed by atoms with Crippen molar-refractivity contribution in [1.29, 1.82) is 0 Å². The Hall–Kier alpha value is -0.870. The van der Waals surface area contributed by atoms with E-state index in [0.717, 1.165) is 12.8 Å². The molecule has 1 aromatic rings. The molecule has 0 aliphatic rings. The van der Waals surface area contributed by atoms with Crippen molar-refractivity contribution in [2.45, 2.75) is 51.5 Å². The fourth-order valence-corrected chi connectivity index (χ4v) is 3.02. The van der Waals surface area contributed by atoms with E-state index in [0.29, 0.717) is 10.8 Å². The Morgan fingerprint density at radius 1 is 1.11 bits per heavy atom. The number of nitrogens with one attached hydrogen (secondary N) is 1. The van der Waals surface area contributed by atoms with Gasteiger partial charge in [-0.3, -0.25) is 0 Å². The lowest BCUT2D eigenvalue weighted by atomic mass is 10.0. The van der Waals surface area contributed by atoms with Crippen LogP contribution in [0.5, 0.6) is 0 Å². The zero-order valence-electron chi connectivity index (χ0n) is 11.6. The summed E-state index contributed by atoms with van der Waals surface area (Å²) in [6.07, 6.45) is 1.75. The highest BCUT2D eigenvalue weighted by atomic mass is 32.2. The van der Waals surface area contributed by atoms with E-state index in [1.807, 2.05) is 26.0 Å². The third kappa shape index (κ3) is 4.42. The van der Waals surface area contributed by atoms with E-state index >= 15 is 0 Å². The van der Waals surface area contributed by atoms with Crippen molar-refractivity contribution in [3.63, 3.8) is 0 Å². The molecule has 0 amide bonds. The van der Waals surface area contributed by atoms with Gasteiger partial charge in [0.25, 0.3) is 0 Å². The van der Waals surface area contributed by atoms with E-state index in [-0.39, 0.29) is 6.04 Å². The summed E-state index contributed by atoms with van der Waals surface area (Å²) in [5, 5.41) is 0. The zero-order chi connectivity index (χ0) is 13.8. The summed E-state index contributed by atoms with van der Waals surface area (Å²) >= 11 is 0. The van der Waals surface area contributed by atoms with Crippen LogP contribution in [-0.4, -0.2) is 14.5 Å². The molecular weight excluding hydrogens is 246 g/mol. The smallest absolute Gasteiger partial charge is 0.208 e. The molecule has 1 rings (SSSR count). The predicted octanol–water partition coefficient (Wildman–Crippen LogP) is 2.96. The number of sulfonamides is 1. The summed E-state index contributed by atoms with van der Waals surface area (Å²) in [6.45, 7) is 8.12. The maximum Gasteiger partial charge on any atom is 0.240 e. The first-order chi connectivity index (χ1) is 8.35. The standard InChI is InChI=1S/C14H23NO2S/c1-5-12(4)15-18(16,17)14-8-6-13(7-9-14)10-11(2)3/h6-9,11-12,15H,5,10H2,1-4H3. The van der Waals surface area contributed by atoms with E-state index in [1.165, 1.54) is 5.56 Å². The fourth-order valence-electron chi connectivity index (χ4n) is 1.69. The molecule has 0 radical (unpaired) electrons. The SMILES string of the molecule is CCC(C)NS(=O)(=O)c1ccc(CC(C)C)cc1. The van der Waals surface area contributed by atoms with E-state index in [2.05, 4.69) is 18.6 Å². The Kier molecular flexibility index (Phi) is 5.35. The van der Waals surface area contributed by atoms with Crippen LogP contribution in [0, 0.1) is 5.92 Å². The first-order valence-corrected chi connectivity index (χ1v) is 7.94. The van der Waals surface area contributed by atoms with Crippen molar-refractivity contribution in [1.82, 2.24) is 4.72 Å². The fraction of sp³-hybridized carbons (Fsp3) is 0.571. The molecule has 0 bridgehead atoms. The van der Waals surface area contributed by atoms with E-state index < -0.39 is 10.0 Å². The minimum absolute atomic E-state index is 0.0367. The number of hydrogen-bond acceptors (Lipinski definition) is 2. The molecule has 4 heteroatoms. The van der Waals surface area contributed by atoms with Gasteiger partial charge in [-0.2, -0.15) is 0 Å². The summed E-state index contributed by atoms with van der Waals surface area (Å²) in [5.41, 5.74) is 1.17. The Morgan fingerprint density at radius 2 is 1.67 bits per heavy atom. The van der Waals surface area contributed by atoms with Crippen molar-refractivity contribution in [2.75, 3.05) is 0 Å². The molecule has 0 heterocycles. The monoisotopic (exact) mass is 269 g/mol. The van der Waals surface area contributed by atoms with Gasteiger partial charge < -0.3 is 0 Å². The minimum atomic E-state index is -3.37. The Labute approximate surface area is 111 Å². The first-order valence-electron chi connectivity index (χ1n) is 6.46. The predicted molar refractivity (Wildman–Crippen MR) is 75.1 cm³/mol. The second-order valence-corrected chi connectivity index (χ2v) is 6.89. The van der Waals surface area contributed by atoms with Crippen molar-refractivity contribution >= 4 is 10.0 Å². The second-order valence-electron chi connectivity index (χ2n) is 5.17. The van der Waals surface area contributed by atoms with Crippen LogP contribution in [-0.2, 0) is 16.4 Å². The van der Waals surface area contributed by atoms with Gasteiger partial charge in [-0.15, -0.1) is 0 Å². The number of rotatable bonds is 6. The molecule has 18 heavy (non-hydrogen) atoms. The van der Waals surface area contributed by atoms with Gasteiger partial charge in [-0.25, -0.2) is 13.1 Å². The van der Waals surface area contributed by atoms with Gasteiger partial charge in [0.15, 0.2) is 0 Å². The van der Waals surface area contributed by atoms with Crippen molar-refractivity contribution in [3.8, 4) is 0 Å². The molecular formula is C14H23NO2S. The van der Waals surface area contributed by atoms with Crippen LogP contribution in [0.4, 0.5) is 0 Å². The molecule has 0 saturated heterocycles. The Balaban J connectivity index is 2.84. The van der Waals surface area contributed by atoms with Gasteiger partial charge in [0.2, 0.25) is 10.0 Å². The van der Waals surface area contributed by atoms with Crippen molar-refractivity contribution in [2.24, 2.45) is 5.92 Å². The second kappa shape index (κ2) is 6.34. The molecule has 0 saturated carbocycles. The summed E-state index contributed by atoms with van der Waals surface area (Å²) in [4.78, 5) is 0.343. The summed E-state index contributed by atoms with van der Waals surface area (Å²) in [7, 11) is -3.37. The lowest BCUT2D eigenvalue weighted by molar-refractivity contribution is 0.556. The molecule has 0 fully saturated rings. The minimum Gasteiger partial charge on any atom is -0.208 e. The van der Waals surface area contributed by atoms with Gasteiger partial charge in [0, 0.05) is 6.04 Å². The largest absolute Gasteiger partial charge is 0.240 e. The lowest BCUT2D eigenvalue weighted by Crippen LogP contribution is -2.31. The zero-order valence-corrected chi connectivity index (χ0v) is 12.4. The lowest BCUT2D eigenvalue weighted by Gasteiger charge is -2.12. The van der Waals surface area contributed by atoms with Crippen LogP contribution in [0.1, 0.15) is 39.7 Å². The molecule has 0 spiro atoms. The molecule has 1 unspecified atom stereocenters. The third-order valence-electron chi connectivity index (χ3n) is 2.85. The molecule has 1 N–H and O–H groups in total. The van der Waals surface area contributed by atoms with Gasteiger partial charge in [-0.1, -0.05) is 32.9 Å². The average molecular weight is 269 g/mol. The van der Waals surface area contributed by atoms with Crippen LogP contribution >= 0.6 is 0 Å².